The van der Waals surface area contributed by atoms with Crippen molar-refractivity contribution in [2.24, 2.45) is 0 Å². The van der Waals surface area contributed by atoms with E-state index in [1.165, 1.54) is 6.07 Å². The number of hydrogen-bond acceptors (Lipinski definition) is 4. The van der Waals surface area contributed by atoms with Gasteiger partial charge in [-0.05, 0) is 19.4 Å². The van der Waals surface area contributed by atoms with Crippen LogP contribution >= 0.6 is 0 Å². The number of aromatic carboxylic acids is 1. The molecule has 1 aliphatic rings. The number of aryl methyl sites for hydroxylation is 1. The minimum atomic E-state index is -1.06. The van der Waals surface area contributed by atoms with Crippen LogP contribution in [0.4, 0.5) is 0 Å². The average molecular weight is 226 g/mol. The fourth-order valence-electron chi connectivity index (χ4n) is 1.62. The molecular formula is C11H14O5. The van der Waals surface area contributed by atoms with E-state index in [0.717, 1.165) is 18.6 Å². The second-order valence-electron chi connectivity index (χ2n) is 3.79. The van der Waals surface area contributed by atoms with Crippen LogP contribution in [0.3, 0.4) is 0 Å². The molecule has 0 aliphatic carbocycles. The Kier molecular flexibility index (Phi) is 3.26. The van der Waals surface area contributed by atoms with Gasteiger partial charge >= 0.3 is 5.97 Å². The van der Waals surface area contributed by atoms with Gasteiger partial charge in [0.25, 0.3) is 0 Å². The maximum absolute atomic E-state index is 10.7. The first kappa shape index (κ1) is 11.2. The van der Waals surface area contributed by atoms with Crippen LogP contribution in [0.25, 0.3) is 0 Å². The van der Waals surface area contributed by atoms with Crippen molar-refractivity contribution >= 4 is 5.97 Å². The SMILES string of the molecule is Cc1oc(C(=O)O)cc1COC1CCOC1. The Morgan fingerprint density at radius 1 is 1.69 bits per heavy atom. The van der Waals surface area contributed by atoms with Gasteiger partial charge in [-0.25, -0.2) is 4.79 Å². The van der Waals surface area contributed by atoms with E-state index in [9.17, 15) is 4.79 Å². The Morgan fingerprint density at radius 2 is 2.50 bits per heavy atom. The number of rotatable bonds is 4. The first-order chi connectivity index (χ1) is 7.66. The van der Waals surface area contributed by atoms with Crippen LogP contribution in [0.2, 0.25) is 0 Å². The topological polar surface area (TPSA) is 68.9 Å². The zero-order chi connectivity index (χ0) is 11.5. The zero-order valence-corrected chi connectivity index (χ0v) is 9.06. The Hall–Kier alpha value is -1.33. The third kappa shape index (κ3) is 2.43. The lowest BCUT2D eigenvalue weighted by Crippen LogP contribution is -2.11. The van der Waals surface area contributed by atoms with Crippen molar-refractivity contribution < 1.29 is 23.8 Å². The maximum Gasteiger partial charge on any atom is 0.371 e. The van der Waals surface area contributed by atoms with Gasteiger partial charge in [-0.15, -0.1) is 0 Å². The highest BCUT2D eigenvalue weighted by molar-refractivity contribution is 5.84. The van der Waals surface area contributed by atoms with Crippen LogP contribution in [0, 0.1) is 6.92 Å². The number of carboxylic acid groups (broad SMARTS) is 1. The van der Waals surface area contributed by atoms with Crippen molar-refractivity contribution in [3.8, 4) is 0 Å². The summed E-state index contributed by atoms with van der Waals surface area (Å²) in [4.78, 5) is 10.7. The summed E-state index contributed by atoms with van der Waals surface area (Å²) in [6.07, 6.45) is 1.01. The average Bonchev–Trinajstić information content (AvgIpc) is 2.84. The summed E-state index contributed by atoms with van der Waals surface area (Å²) < 4.78 is 15.8. The van der Waals surface area contributed by atoms with Crippen molar-refractivity contribution in [2.75, 3.05) is 13.2 Å². The lowest BCUT2D eigenvalue weighted by Gasteiger charge is -2.08. The fourth-order valence-corrected chi connectivity index (χ4v) is 1.62. The summed E-state index contributed by atoms with van der Waals surface area (Å²) in [6.45, 7) is 3.45. The van der Waals surface area contributed by atoms with Gasteiger partial charge in [0.15, 0.2) is 0 Å². The van der Waals surface area contributed by atoms with Crippen LogP contribution in [0.15, 0.2) is 10.5 Å². The van der Waals surface area contributed by atoms with Crippen LogP contribution in [-0.4, -0.2) is 30.4 Å². The molecular weight excluding hydrogens is 212 g/mol. The number of carboxylic acids is 1. The Morgan fingerprint density at radius 3 is 3.06 bits per heavy atom. The summed E-state index contributed by atoms with van der Waals surface area (Å²) in [7, 11) is 0. The molecule has 5 nitrogen and oxygen atoms in total. The number of hydrogen-bond donors (Lipinski definition) is 1. The highest BCUT2D eigenvalue weighted by Gasteiger charge is 2.18. The van der Waals surface area contributed by atoms with Gasteiger partial charge in [-0.3, -0.25) is 0 Å². The molecule has 0 radical (unpaired) electrons. The molecule has 1 aliphatic heterocycles. The van der Waals surface area contributed by atoms with E-state index in [1.807, 2.05) is 0 Å². The first-order valence-corrected chi connectivity index (χ1v) is 5.19. The Bertz CT molecular complexity index is 376. The van der Waals surface area contributed by atoms with E-state index >= 15 is 0 Å². The third-order valence-electron chi connectivity index (χ3n) is 2.59. The second-order valence-corrected chi connectivity index (χ2v) is 3.79. The standard InChI is InChI=1S/C11H14O5/c1-7-8(4-10(16-7)11(12)13)5-15-9-2-3-14-6-9/h4,9H,2-3,5-6H2,1H3,(H,12,13). The molecule has 0 aromatic carbocycles. The molecule has 16 heavy (non-hydrogen) atoms. The van der Waals surface area contributed by atoms with Crippen LogP contribution in [-0.2, 0) is 16.1 Å². The molecule has 0 saturated carbocycles. The molecule has 1 unspecified atom stereocenters. The van der Waals surface area contributed by atoms with Crippen molar-refractivity contribution in [1.29, 1.82) is 0 Å². The molecule has 1 saturated heterocycles. The maximum atomic E-state index is 10.7. The summed E-state index contributed by atoms with van der Waals surface area (Å²) in [5.41, 5.74) is 0.782. The minimum Gasteiger partial charge on any atom is -0.475 e. The largest absolute Gasteiger partial charge is 0.475 e. The molecule has 1 fully saturated rings. The Labute approximate surface area is 93.0 Å². The van der Waals surface area contributed by atoms with Gasteiger partial charge in [0, 0.05) is 12.2 Å². The second kappa shape index (κ2) is 4.67. The molecule has 88 valence electrons. The molecule has 0 spiro atoms. The van der Waals surface area contributed by atoms with E-state index in [0.29, 0.717) is 19.0 Å². The highest BCUT2D eigenvalue weighted by Crippen LogP contribution is 2.18. The zero-order valence-electron chi connectivity index (χ0n) is 9.06. The molecule has 1 aromatic heterocycles. The molecule has 5 heteroatoms. The van der Waals surface area contributed by atoms with Gasteiger partial charge < -0.3 is 19.0 Å². The summed E-state index contributed by atoms with van der Waals surface area (Å²) in [5.74, 6) is -0.506. The predicted molar refractivity (Wildman–Crippen MR) is 54.4 cm³/mol. The summed E-state index contributed by atoms with van der Waals surface area (Å²) >= 11 is 0. The predicted octanol–water partition coefficient (Wildman–Crippen LogP) is 1.59. The van der Waals surface area contributed by atoms with Gasteiger partial charge in [0.2, 0.25) is 5.76 Å². The highest BCUT2D eigenvalue weighted by atomic mass is 16.5. The lowest BCUT2D eigenvalue weighted by atomic mass is 10.2. The first-order valence-electron chi connectivity index (χ1n) is 5.19. The van der Waals surface area contributed by atoms with Crippen LogP contribution in [0.5, 0.6) is 0 Å². The van der Waals surface area contributed by atoms with Crippen molar-refractivity contribution in [3.05, 3.63) is 23.2 Å². The molecule has 1 atom stereocenters. The Balaban J connectivity index is 1.95. The molecule has 0 bridgehead atoms. The van der Waals surface area contributed by atoms with E-state index in [-0.39, 0.29) is 11.9 Å². The molecule has 1 N–H and O–H groups in total. The third-order valence-corrected chi connectivity index (χ3v) is 2.59. The molecule has 2 heterocycles. The summed E-state index contributed by atoms with van der Waals surface area (Å²) in [6, 6.07) is 1.51. The van der Waals surface area contributed by atoms with Crippen molar-refractivity contribution in [2.45, 2.75) is 26.1 Å². The summed E-state index contributed by atoms with van der Waals surface area (Å²) in [5, 5.41) is 8.75. The number of furan rings is 1. The van der Waals surface area contributed by atoms with E-state index in [2.05, 4.69) is 0 Å². The van der Waals surface area contributed by atoms with Gasteiger partial charge in [-0.2, -0.15) is 0 Å². The van der Waals surface area contributed by atoms with E-state index < -0.39 is 5.97 Å². The molecule has 0 amide bonds. The molecule has 1 aromatic rings. The number of carbonyl (C=O) groups is 1. The van der Waals surface area contributed by atoms with E-state index in [1.54, 1.807) is 6.92 Å². The quantitative estimate of drug-likeness (QED) is 0.844. The van der Waals surface area contributed by atoms with Crippen LogP contribution < -0.4 is 0 Å². The monoisotopic (exact) mass is 226 g/mol. The van der Waals surface area contributed by atoms with Gasteiger partial charge in [0.1, 0.15) is 5.76 Å². The van der Waals surface area contributed by atoms with Crippen LogP contribution in [0.1, 0.15) is 28.3 Å². The van der Waals surface area contributed by atoms with Gasteiger partial charge in [-0.1, -0.05) is 0 Å². The fraction of sp³-hybridized carbons (Fsp3) is 0.545. The van der Waals surface area contributed by atoms with Gasteiger partial charge in [0.05, 0.1) is 19.3 Å². The number of ether oxygens (including phenoxy) is 2. The lowest BCUT2D eigenvalue weighted by molar-refractivity contribution is 0.0312. The minimum absolute atomic E-state index is 0.0428. The molecule has 2 rings (SSSR count). The van der Waals surface area contributed by atoms with Crippen molar-refractivity contribution in [1.82, 2.24) is 0 Å². The smallest absolute Gasteiger partial charge is 0.371 e. The van der Waals surface area contributed by atoms with E-state index in [4.69, 9.17) is 19.0 Å². The normalized spacial score (nSPS) is 20.2. The van der Waals surface area contributed by atoms with Crippen molar-refractivity contribution in [3.63, 3.8) is 0 Å².